The van der Waals surface area contributed by atoms with E-state index in [0.29, 0.717) is 17.4 Å². The van der Waals surface area contributed by atoms with Gasteiger partial charge in [-0.1, -0.05) is 37.8 Å². The fourth-order valence-corrected chi connectivity index (χ4v) is 5.25. The number of aromatic amines is 1. The van der Waals surface area contributed by atoms with E-state index in [4.69, 9.17) is 4.74 Å². The van der Waals surface area contributed by atoms with Crippen LogP contribution in [0.15, 0.2) is 53.6 Å². The first kappa shape index (κ1) is 20.1. The largest absolute Gasteiger partial charge is 0.364 e. The van der Waals surface area contributed by atoms with Gasteiger partial charge in [0.2, 0.25) is 0 Å². The van der Waals surface area contributed by atoms with Crippen molar-refractivity contribution in [2.24, 2.45) is 5.92 Å². The van der Waals surface area contributed by atoms with Crippen LogP contribution >= 0.6 is 0 Å². The fraction of sp³-hybridized carbons (Fsp3) is 0.435. The van der Waals surface area contributed by atoms with Crippen molar-refractivity contribution in [2.45, 2.75) is 49.5 Å². The summed E-state index contributed by atoms with van der Waals surface area (Å²) in [5.74, 6) is 0.579. The number of rotatable bonds is 7. The Labute approximate surface area is 172 Å². The smallest absolute Gasteiger partial charge is 0.175 e. The predicted octanol–water partition coefficient (Wildman–Crippen LogP) is 4.83. The average Bonchev–Trinajstić information content (AvgIpc) is 3.36. The molecule has 2 heterocycles. The van der Waals surface area contributed by atoms with E-state index >= 15 is 0 Å². The molecule has 29 heavy (non-hydrogen) atoms. The summed E-state index contributed by atoms with van der Waals surface area (Å²) in [5, 5.41) is 1.05. The lowest BCUT2D eigenvalue weighted by atomic mass is 9.81. The van der Waals surface area contributed by atoms with Gasteiger partial charge in [-0.25, -0.2) is 13.4 Å². The molecular formula is C23H28N2O3S. The summed E-state index contributed by atoms with van der Waals surface area (Å²) in [4.78, 5) is 8.27. The van der Waals surface area contributed by atoms with Crippen molar-refractivity contribution in [3.63, 3.8) is 0 Å². The molecule has 5 nitrogen and oxygen atoms in total. The fourth-order valence-electron chi connectivity index (χ4n) is 4.62. The van der Waals surface area contributed by atoms with Crippen molar-refractivity contribution in [1.82, 2.24) is 9.97 Å². The minimum atomic E-state index is -3.24. The van der Waals surface area contributed by atoms with Gasteiger partial charge >= 0.3 is 0 Å². The summed E-state index contributed by atoms with van der Waals surface area (Å²) in [6.45, 7) is 2.57. The Balaban J connectivity index is 1.86. The van der Waals surface area contributed by atoms with Crippen molar-refractivity contribution >= 4 is 20.9 Å². The highest BCUT2D eigenvalue weighted by atomic mass is 32.2. The number of aromatic nitrogens is 2. The summed E-state index contributed by atoms with van der Waals surface area (Å²) in [5.41, 5.74) is 2.14. The van der Waals surface area contributed by atoms with Crippen molar-refractivity contribution < 1.29 is 13.2 Å². The first-order valence-electron chi connectivity index (χ1n) is 10.3. The van der Waals surface area contributed by atoms with E-state index in [1.54, 1.807) is 18.3 Å². The number of hydrogen-bond acceptors (Lipinski definition) is 4. The minimum Gasteiger partial charge on any atom is -0.364 e. The molecule has 0 bridgehead atoms. The number of nitrogens with one attached hydrogen (secondary N) is 1. The molecule has 0 saturated heterocycles. The zero-order valence-corrected chi connectivity index (χ0v) is 17.8. The molecule has 0 amide bonds. The van der Waals surface area contributed by atoms with Crippen LogP contribution in [-0.2, 0) is 20.2 Å². The molecule has 1 atom stereocenters. The summed E-state index contributed by atoms with van der Waals surface area (Å²) >= 11 is 0. The predicted molar refractivity (Wildman–Crippen MR) is 115 cm³/mol. The second-order valence-electron chi connectivity index (χ2n) is 8.04. The molecule has 4 rings (SSSR count). The monoisotopic (exact) mass is 412 g/mol. The van der Waals surface area contributed by atoms with E-state index in [1.807, 2.05) is 31.2 Å². The number of fused-ring (bicyclic) bond motifs is 1. The SMILES string of the molecule is CCOC(CC1CCCC1)(c1ccc(S(C)(=O)=O)cc1)c1cc2cccnc2[nH]1. The normalized spacial score (nSPS) is 17.6. The average molecular weight is 413 g/mol. The zero-order chi connectivity index (χ0) is 20.5. The highest BCUT2D eigenvalue weighted by molar-refractivity contribution is 7.90. The van der Waals surface area contributed by atoms with Gasteiger partial charge in [0, 0.05) is 24.4 Å². The van der Waals surface area contributed by atoms with Crippen molar-refractivity contribution in [3.05, 3.63) is 59.9 Å². The third-order valence-electron chi connectivity index (χ3n) is 6.02. The molecule has 6 heteroatoms. The zero-order valence-electron chi connectivity index (χ0n) is 17.0. The molecule has 1 unspecified atom stereocenters. The van der Waals surface area contributed by atoms with Crippen LogP contribution in [0.1, 0.15) is 50.3 Å². The van der Waals surface area contributed by atoms with Gasteiger partial charge in [-0.05, 0) is 55.2 Å². The molecule has 1 fully saturated rings. The lowest BCUT2D eigenvalue weighted by Gasteiger charge is -2.36. The quantitative estimate of drug-likeness (QED) is 0.603. The van der Waals surface area contributed by atoms with E-state index in [2.05, 4.69) is 16.0 Å². The second-order valence-corrected chi connectivity index (χ2v) is 10.1. The van der Waals surface area contributed by atoms with Gasteiger partial charge in [-0.2, -0.15) is 0 Å². The Morgan fingerprint density at radius 1 is 1.17 bits per heavy atom. The summed E-state index contributed by atoms with van der Waals surface area (Å²) < 4.78 is 30.4. The molecule has 1 aliphatic carbocycles. The maximum Gasteiger partial charge on any atom is 0.175 e. The summed E-state index contributed by atoms with van der Waals surface area (Å²) in [6.07, 6.45) is 8.81. The highest BCUT2D eigenvalue weighted by Gasteiger charge is 2.40. The van der Waals surface area contributed by atoms with Crippen LogP contribution in [0.25, 0.3) is 11.0 Å². The maximum absolute atomic E-state index is 11.9. The van der Waals surface area contributed by atoms with Crippen LogP contribution in [0.5, 0.6) is 0 Å². The van der Waals surface area contributed by atoms with Crippen molar-refractivity contribution in [1.29, 1.82) is 0 Å². The molecule has 3 aromatic rings. The Bertz CT molecular complexity index is 1050. The van der Waals surface area contributed by atoms with E-state index in [-0.39, 0.29) is 0 Å². The summed E-state index contributed by atoms with van der Waals surface area (Å²) in [7, 11) is -3.24. The van der Waals surface area contributed by atoms with Crippen LogP contribution in [0.4, 0.5) is 0 Å². The molecule has 0 aliphatic heterocycles. The Morgan fingerprint density at radius 2 is 1.90 bits per heavy atom. The van der Waals surface area contributed by atoms with E-state index in [1.165, 1.54) is 31.9 Å². The van der Waals surface area contributed by atoms with Gasteiger partial charge in [0.05, 0.1) is 10.6 Å². The molecule has 154 valence electrons. The molecule has 0 spiro atoms. The van der Waals surface area contributed by atoms with Crippen molar-refractivity contribution in [3.8, 4) is 0 Å². The van der Waals surface area contributed by atoms with Gasteiger partial charge in [-0.15, -0.1) is 0 Å². The molecule has 1 aromatic carbocycles. The van der Waals surface area contributed by atoms with E-state index < -0.39 is 15.4 Å². The second kappa shape index (κ2) is 7.92. The van der Waals surface area contributed by atoms with Gasteiger partial charge in [0.15, 0.2) is 9.84 Å². The molecule has 1 N–H and O–H groups in total. The van der Waals surface area contributed by atoms with E-state index in [9.17, 15) is 8.42 Å². The molecule has 0 radical (unpaired) electrons. The van der Waals surface area contributed by atoms with Crippen molar-refractivity contribution in [2.75, 3.05) is 12.9 Å². The number of hydrogen-bond donors (Lipinski definition) is 1. The number of pyridine rings is 1. The van der Waals surface area contributed by atoms with Crippen LogP contribution in [0.2, 0.25) is 0 Å². The maximum atomic E-state index is 11.9. The molecular weight excluding hydrogens is 384 g/mol. The van der Waals surface area contributed by atoms with Gasteiger partial charge in [0.1, 0.15) is 11.2 Å². The number of nitrogens with zero attached hydrogens (tertiary/aromatic N) is 1. The van der Waals surface area contributed by atoms with Crippen LogP contribution in [0.3, 0.4) is 0 Å². The topological polar surface area (TPSA) is 72.1 Å². The van der Waals surface area contributed by atoms with Crippen LogP contribution < -0.4 is 0 Å². The van der Waals surface area contributed by atoms with E-state index in [0.717, 1.165) is 28.7 Å². The minimum absolute atomic E-state index is 0.325. The van der Waals surface area contributed by atoms with Crippen LogP contribution in [0, 0.1) is 5.92 Å². The van der Waals surface area contributed by atoms with Gasteiger partial charge < -0.3 is 9.72 Å². The molecule has 1 saturated carbocycles. The number of ether oxygens (including phenoxy) is 1. The lowest BCUT2D eigenvalue weighted by Crippen LogP contribution is -2.34. The lowest BCUT2D eigenvalue weighted by molar-refractivity contribution is -0.0313. The van der Waals surface area contributed by atoms with Gasteiger partial charge in [0.25, 0.3) is 0 Å². The Morgan fingerprint density at radius 3 is 2.52 bits per heavy atom. The third-order valence-corrected chi connectivity index (χ3v) is 7.15. The van der Waals surface area contributed by atoms with Crippen LogP contribution in [-0.4, -0.2) is 31.2 Å². The Hall–Kier alpha value is -2.18. The third kappa shape index (κ3) is 3.96. The standard InChI is InChI=1S/C23H28N2O3S/c1-3-28-23(16-17-7-4-5-8-17,19-10-12-20(13-11-19)29(2,26)27)21-15-18-9-6-14-24-22(18)25-21/h6,9-15,17H,3-5,7-8,16H2,1-2H3,(H,24,25). The summed E-state index contributed by atoms with van der Waals surface area (Å²) in [6, 6.07) is 13.3. The first-order valence-corrected chi connectivity index (χ1v) is 12.2. The van der Waals surface area contributed by atoms with Gasteiger partial charge in [-0.3, -0.25) is 0 Å². The number of H-pyrrole nitrogens is 1. The first-order chi connectivity index (χ1) is 13.9. The number of sulfone groups is 1. The molecule has 2 aromatic heterocycles. The highest BCUT2D eigenvalue weighted by Crippen LogP contribution is 2.44. The Kier molecular flexibility index (Phi) is 5.49. The molecule has 1 aliphatic rings. The number of benzene rings is 1.